The van der Waals surface area contributed by atoms with Crippen LogP contribution in [0.4, 0.5) is 17.3 Å². The van der Waals surface area contributed by atoms with Crippen LogP contribution in [-0.2, 0) is 5.41 Å². The number of benzene rings is 2. The van der Waals surface area contributed by atoms with E-state index in [2.05, 4.69) is 89.3 Å². The molecule has 34 heavy (non-hydrogen) atoms. The Balaban J connectivity index is 1.43. The number of aryl methyl sites for hydroxylation is 1. The highest BCUT2D eigenvalue weighted by atomic mass is 35.5. The molecule has 0 bridgehead atoms. The lowest BCUT2D eigenvalue weighted by Crippen LogP contribution is -2.44. The number of halogens is 1. The molecule has 1 aromatic heterocycles. The van der Waals surface area contributed by atoms with E-state index in [1.807, 2.05) is 6.21 Å². The van der Waals surface area contributed by atoms with Crippen molar-refractivity contribution < 1.29 is 0 Å². The molecular weight excluding hydrogens is 444 g/mol. The van der Waals surface area contributed by atoms with E-state index in [0.29, 0.717) is 11.0 Å². The van der Waals surface area contributed by atoms with Crippen LogP contribution in [0.3, 0.4) is 0 Å². The highest BCUT2D eigenvalue weighted by molar-refractivity contribution is 6.32. The molecule has 0 amide bonds. The molecule has 2 aliphatic heterocycles. The summed E-state index contributed by atoms with van der Waals surface area (Å²) in [4.78, 5) is 18.6. The Morgan fingerprint density at radius 3 is 2.62 bits per heavy atom. The Kier molecular flexibility index (Phi) is 6.04. The molecule has 0 aliphatic carbocycles. The molecule has 1 fully saturated rings. The van der Waals surface area contributed by atoms with Gasteiger partial charge in [-0.1, -0.05) is 43.6 Å². The van der Waals surface area contributed by atoms with Crippen LogP contribution in [0, 0.1) is 6.92 Å². The Morgan fingerprint density at radius 1 is 1.03 bits per heavy atom. The van der Waals surface area contributed by atoms with Crippen molar-refractivity contribution in [1.29, 1.82) is 0 Å². The van der Waals surface area contributed by atoms with Crippen LogP contribution >= 0.6 is 11.6 Å². The van der Waals surface area contributed by atoms with Gasteiger partial charge >= 0.3 is 0 Å². The third-order valence-corrected chi connectivity index (χ3v) is 7.10. The van der Waals surface area contributed by atoms with Crippen molar-refractivity contribution in [2.45, 2.75) is 26.2 Å². The summed E-state index contributed by atoms with van der Waals surface area (Å²) < 4.78 is 0. The van der Waals surface area contributed by atoms with Crippen LogP contribution < -0.4 is 10.2 Å². The van der Waals surface area contributed by atoms with Gasteiger partial charge in [-0.2, -0.15) is 0 Å². The topological polar surface area (TPSA) is 56.7 Å². The molecule has 2 aliphatic rings. The minimum atomic E-state index is -0.0256. The molecule has 6 nitrogen and oxygen atoms in total. The summed E-state index contributed by atoms with van der Waals surface area (Å²) in [6, 6.07) is 12.8. The van der Waals surface area contributed by atoms with Crippen LogP contribution in [0.5, 0.6) is 0 Å². The molecule has 3 heterocycles. The molecule has 5 rings (SSSR count). The van der Waals surface area contributed by atoms with Crippen LogP contribution in [0.15, 0.2) is 47.6 Å². The summed E-state index contributed by atoms with van der Waals surface area (Å²) in [7, 11) is 2.18. The summed E-state index contributed by atoms with van der Waals surface area (Å²) in [6.07, 6.45) is 3.63. The van der Waals surface area contributed by atoms with Gasteiger partial charge in [0.2, 0.25) is 5.95 Å². The summed E-state index contributed by atoms with van der Waals surface area (Å²) in [5.74, 6) is 0.533. The third kappa shape index (κ3) is 4.52. The van der Waals surface area contributed by atoms with E-state index in [1.165, 1.54) is 16.8 Å². The standard InChI is InChI=1S/C27H31ClN6/c1-18-5-8-21(14-24(18)34-11-9-33(4)10-12-34)31-26-30-16-23(28)25(32-26)19-6-7-20-15-29-17-27(2,3)22(20)13-19/h5-8,13-16H,9-12,17H2,1-4H3,(H,30,31,32). The van der Waals surface area contributed by atoms with E-state index in [-0.39, 0.29) is 5.41 Å². The van der Waals surface area contributed by atoms with E-state index < -0.39 is 0 Å². The van der Waals surface area contributed by atoms with E-state index in [0.717, 1.165) is 55.2 Å². The van der Waals surface area contributed by atoms with Crippen molar-refractivity contribution in [1.82, 2.24) is 14.9 Å². The van der Waals surface area contributed by atoms with Gasteiger partial charge in [0.1, 0.15) is 0 Å². The highest BCUT2D eigenvalue weighted by Gasteiger charge is 2.26. The number of aliphatic imine (C=N–C) groups is 1. The van der Waals surface area contributed by atoms with Gasteiger partial charge in [-0.3, -0.25) is 4.99 Å². The number of nitrogens with one attached hydrogen (secondary N) is 1. The predicted octanol–water partition coefficient (Wildman–Crippen LogP) is 5.31. The molecule has 0 unspecified atom stereocenters. The van der Waals surface area contributed by atoms with Gasteiger partial charge in [0.15, 0.2) is 0 Å². The van der Waals surface area contributed by atoms with Gasteiger partial charge in [-0.05, 0) is 48.9 Å². The first-order chi connectivity index (χ1) is 16.3. The number of aromatic nitrogens is 2. The summed E-state index contributed by atoms with van der Waals surface area (Å²) in [6.45, 7) is 11.6. The van der Waals surface area contributed by atoms with E-state index >= 15 is 0 Å². The number of hydrogen-bond donors (Lipinski definition) is 1. The number of hydrogen-bond acceptors (Lipinski definition) is 6. The van der Waals surface area contributed by atoms with Crippen molar-refractivity contribution in [2.24, 2.45) is 4.99 Å². The lowest BCUT2D eigenvalue weighted by atomic mass is 9.79. The second kappa shape index (κ2) is 9.01. The number of likely N-dealkylation sites (N-methyl/N-ethyl adjacent to an activating group) is 1. The molecule has 0 radical (unpaired) electrons. The molecule has 2 aromatic carbocycles. The van der Waals surface area contributed by atoms with Gasteiger partial charge < -0.3 is 15.1 Å². The molecule has 0 saturated carbocycles. The predicted molar refractivity (Wildman–Crippen MR) is 142 cm³/mol. The Labute approximate surface area is 206 Å². The Morgan fingerprint density at radius 2 is 1.82 bits per heavy atom. The maximum Gasteiger partial charge on any atom is 0.227 e. The molecular formula is C27H31ClN6. The van der Waals surface area contributed by atoms with Crippen LogP contribution in [-0.4, -0.2) is 60.9 Å². The zero-order valence-corrected chi connectivity index (χ0v) is 21.0. The third-order valence-electron chi connectivity index (χ3n) is 6.83. The largest absolute Gasteiger partial charge is 0.369 e. The first kappa shape index (κ1) is 22.8. The van der Waals surface area contributed by atoms with Crippen LogP contribution in [0.1, 0.15) is 30.5 Å². The van der Waals surface area contributed by atoms with E-state index in [9.17, 15) is 0 Å². The molecule has 3 aromatic rings. The lowest BCUT2D eigenvalue weighted by Gasteiger charge is -2.35. The summed E-state index contributed by atoms with van der Waals surface area (Å²) >= 11 is 6.56. The van der Waals surface area contributed by atoms with Gasteiger partial charge in [0.25, 0.3) is 0 Å². The van der Waals surface area contributed by atoms with Crippen LogP contribution in [0.2, 0.25) is 5.02 Å². The van der Waals surface area contributed by atoms with Crippen molar-refractivity contribution in [3.63, 3.8) is 0 Å². The smallest absolute Gasteiger partial charge is 0.227 e. The average Bonchev–Trinajstić information content (AvgIpc) is 2.82. The maximum absolute atomic E-state index is 6.56. The van der Waals surface area contributed by atoms with E-state index in [1.54, 1.807) is 6.20 Å². The van der Waals surface area contributed by atoms with Crippen molar-refractivity contribution in [3.8, 4) is 11.3 Å². The fraction of sp³-hybridized carbons (Fsp3) is 0.370. The minimum Gasteiger partial charge on any atom is -0.369 e. The summed E-state index contributed by atoms with van der Waals surface area (Å²) in [5.41, 5.74) is 7.60. The molecule has 0 spiro atoms. The maximum atomic E-state index is 6.56. The number of piperazine rings is 1. The second-order valence-electron chi connectivity index (χ2n) is 9.96. The molecule has 1 saturated heterocycles. The van der Waals surface area contributed by atoms with Gasteiger partial charge in [-0.15, -0.1) is 0 Å². The van der Waals surface area contributed by atoms with Gasteiger partial charge in [-0.25, -0.2) is 9.97 Å². The quantitative estimate of drug-likeness (QED) is 0.555. The Bertz CT molecular complexity index is 1240. The summed E-state index contributed by atoms with van der Waals surface area (Å²) in [5, 5.41) is 3.93. The fourth-order valence-corrected chi connectivity index (χ4v) is 4.89. The molecule has 1 N–H and O–H groups in total. The number of anilines is 3. The number of nitrogens with zero attached hydrogens (tertiary/aromatic N) is 5. The fourth-order valence-electron chi connectivity index (χ4n) is 4.69. The van der Waals surface area contributed by atoms with Crippen molar-refractivity contribution in [3.05, 3.63) is 64.3 Å². The first-order valence-corrected chi connectivity index (χ1v) is 12.2. The van der Waals surface area contributed by atoms with Gasteiger partial charge in [0, 0.05) is 61.3 Å². The zero-order valence-electron chi connectivity index (χ0n) is 20.3. The van der Waals surface area contributed by atoms with Crippen molar-refractivity contribution >= 4 is 35.1 Å². The van der Waals surface area contributed by atoms with Crippen LogP contribution in [0.25, 0.3) is 11.3 Å². The van der Waals surface area contributed by atoms with Gasteiger partial charge in [0.05, 0.1) is 16.9 Å². The molecule has 176 valence electrons. The highest BCUT2D eigenvalue weighted by Crippen LogP contribution is 2.35. The first-order valence-electron chi connectivity index (χ1n) is 11.8. The minimum absolute atomic E-state index is 0.0256. The monoisotopic (exact) mass is 474 g/mol. The number of fused-ring (bicyclic) bond motifs is 1. The Hall–Kier alpha value is -2.96. The van der Waals surface area contributed by atoms with Crippen molar-refractivity contribution in [2.75, 3.05) is 50.0 Å². The zero-order chi connectivity index (χ0) is 23.9. The lowest BCUT2D eigenvalue weighted by molar-refractivity contribution is 0.312. The molecule has 0 atom stereocenters. The second-order valence-corrected chi connectivity index (χ2v) is 10.4. The van der Waals surface area contributed by atoms with E-state index in [4.69, 9.17) is 16.6 Å². The number of rotatable bonds is 4. The average molecular weight is 475 g/mol. The normalized spacial score (nSPS) is 17.5. The molecule has 7 heteroatoms. The SMILES string of the molecule is Cc1ccc(Nc2ncc(Cl)c(-c3ccc4c(c3)C(C)(C)CN=C4)n2)cc1N1CCN(C)CC1.